The van der Waals surface area contributed by atoms with E-state index >= 15 is 0 Å². The monoisotopic (exact) mass is 427 g/mol. The van der Waals surface area contributed by atoms with E-state index < -0.39 is 0 Å². The number of thiazole rings is 1. The molecule has 0 saturated heterocycles. The molecule has 29 heavy (non-hydrogen) atoms. The predicted octanol–water partition coefficient (Wildman–Crippen LogP) is 5.17. The van der Waals surface area contributed by atoms with Crippen LogP contribution >= 0.6 is 22.9 Å². The zero-order valence-electron chi connectivity index (χ0n) is 16.5. The number of benzene rings is 2. The molecule has 0 bridgehead atoms. The minimum Gasteiger partial charge on any atom is -0.347 e. The van der Waals surface area contributed by atoms with Crippen molar-refractivity contribution in [3.63, 3.8) is 0 Å². The Hall–Kier alpha value is -2.70. The molecule has 0 aliphatic carbocycles. The third kappa shape index (κ3) is 5.89. The highest BCUT2D eigenvalue weighted by Crippen LogP contribution is 2.25. The summed E-state index contributed by atoms with van der Waals surface area (Å²) < 4.78 is 0. The van der Waals surface area contributed by atoms with E-state index in [1.54, 1.807) is 30.5 Å². The van der Waals surface area contributed by atoms with Gasteiger partial charge in [-0.15, -0.1) is 11.3 Å². The van der Waals surface area contributed by atoms with Crippen molar-refractivity contribution in [2.45, 2.75) is 32.7 Å². The lowest BCUT2D eigenvalue weighted by Gasteiger charge is -2.20. The minimum atomic E-state index is -0.320. The SMILES string of the molecule is CC(C)(C)NC(=O)c1ccc(C(=O)Nc2ncc(Cc3ccccc3Cl)s2)cc1. The Morgan fingerprint density at radius 2 is 1.62 bits per heavy atom. The lowest BCUT2D eigenvalue weighted by atomic mass is 10.1. The first-order valence-corrected chi connectivity index (χ1v) is 10.3. The summed E-state index contributed by atoms with van der Waals surface area (Å²) >= 11 is 7.61. The summed E-state index contributed by atoms with van der Waals surface area (Å²) in [5.41, 5.74) is 1.66. The summed E-state index contributed by atoms with van der Waals surface area (Å²) in [6.07, 6.45) is 2.40. The van der Waals surface area contributed by atoms with Crippen LogP contribution in [0.15, 0.2) is 54.7 Å². The molecule has 3 aromatic rings. The molecule has 0 saturated carbocycles. The van der Waals surface area contributed by atoms with Crippen molar-refractivity contribution in [1.82, 2.24) is 10.3 Å². The fourth-order valence-corrected chi connectivity index (χ4v) is 3.66. The smallest absolute Gasteiger partial charge is 0.257 e. The first kappa shape index (κ1) is 21.0. The maximum atomic E-state index is 12.5. The average molecular weight is 428 g/mol. The van der Waals surface area contributed by atoms with Gasteiger partial charge in [0.25, 0.3) is 11.8 Å². The first-order valence-electron chi connectivity index (χ1n) is 9.13. The molecule has 2 aromatic carbocycles. The van der Waals surface area contributed by atoms with E-state index in [0.29, 0.717) is 27.7 Å². The number of rotatable bonds is 5. The van der Waals surface area contributed by atoms with Crippen LogP contribution in [0.3, 0.4) is 0 Å². The molecule has 150 valence electrons. The number of anilines is 1. The molecule has 7 heteroatoms. The van der Waals surface area contributed by atoms with Crippen LogP contribution in [-0.2, 0) is 6.42 Å². The molecule has 0 radical (unpaired) electrons. The third-order valence-electron chi connectivity index (χ3n) is 3.99. The lowest BCUT2D eigenvalue weighted by molar-refractivity contribution is 0.0918. The van der Waals surface area contributed by atoms with Crippen LogP contribution in [-0.4, -0.2) is 22.3 Å². The van der Waals surface area contributed by atoms with Crippen LogP contribution < -0.4 is 10.6 Å². The number of carbonyl (C=O) groups excluding carboxylic acids is 2. The average Bonchev–Trinajstić information content (AvgIpc) is 3.09. The standard InChI is InChI=1S/C22H22ClN3O2S/c1-22(2,3)26-20(28)15-10-8-14(9-11-15)19(27)25-21-24-13-17(29-21)12-16-6-4-5-7-18(16)23/h4-11,13H,12H2,1-3H3,(H,26,28)(H,24,25,27). The van der Waals surface area contributed by atoms with Gasteiger partial charge in [0.15, 0.2) is 5.13 Å². The number of amides is 2. The van der Waals surface area contributed by atoms with Crippen molar-refractivity contribution in [2.75, 3.05) is 5.32 Å². The summed E-state index contributed by atoms with van der Waals surface area (Å²) in [6.45, 7) is 5.75. The number of carbonyl (C=O) groups is 2. The van der Waals surface area contributed by atoms with Gasteiger partial charge in [-0.2, -0.15) is 0 Å². The van der Waals surface area contributed by atoms with Crippen LogP contribution in [0.1, 0.15) is 51.9 Å². The molecule has 1 heterocycles. The number of hydrogen-bond donors (Lipinski definition) is 2. The molecule has 0 atom stereocenters. The molecule has 0 aliphatic heterocycles. The molecule has 5 nitrogen and oxygen atoms in total. The van der Waals surface area contributed by atoms with Gasteiger partial charge in [0.05, 0.1) is 0 Å². The summed E-state index contributed by atoms with van der Waals surface area (Å²) in [4.78, 5) is 29.9. The Kier molecular flexibility index (Phi) is 6.35. The molecule has 0 fully saturated rings. The highest BCUT2D eigenvalue weighted by atomic mass is 35.5. The van der Waals surface area contributed by atoms with Gasteiger partial charge in [-0.25, -0.2) is 4.98 Å². The minimum absolute atomic E-state index is 0.173. The van der Waals surface area contributed by atoms with Gasteiger partial charge in [-0.05, 0) is 56.7 Å². The molecule has 1 aromatic heterocycles. The van der Waals surface area contributed by atoms with E-state index in [2.05, 4.69) is 15.6 Å². The van der Waals surface area contributed by atoms with Crippen molar-refractivity contribution in [3.8, 4) is 0 Å². The lowest BCUT2D eigenvalue weighted by Crippen LogP contribution is -2.40. The van der Waals surface area contributed by atoms with Gasteiger partial charge in [-0.3, -0.25) is 14.9 Å². The number of nitrogens with one attached hydrogen (secondary N) is 2. The van der Waals surface area contributed by atoms with Gasteiger partial charge < -0.3 is 5.32 Å². The van der Waals surface area contributed by atoms with Gasteiger partial charge in [0.1, 0.15) is 0 Å². The van der Waals surface area contributed by atoms with Crippen molar-refractivity contribution in [3.05, 3.63) is 81.3 Å². The van der Waals surface area contributed by atoms with E-state index in [9.17, 15) is 9.59 Å². The van der Waals surface area contributed by atoms with Crippen molar-refractivity contribution in [1.29, 1.82) is 0 Å². The maximum absolute atomic E-state index is 12.5. The fourth-order valence-electron chi connectivity index (χ4n) is 2.63. The second-order valence-electron chi connectivity index (χ2n) is 7.64. The molecule has 3 rings (SSSR count). The van der Waals surface area contributed by atoms with Crippen LogP contribution in [0.25, 0.3) is 0 Å². The molecular weight excluding hydrogens is 406 g/mol. The molecule has 0 unspecified atom stereocenters. The second-order valence-corrected chi connectivity index (χ2v) is 9.16. The topological polar surface area (TPSA) is 71.1 Å². The molecule has 0 aliphatic rings. The van der Waals surface area contributed by atoms with Gasteiger partial charge in [0, 0.05) is 39.2 Å². The van der Waals surface area contributed by atoms with Crippen molar-refractivity contribution in [2.24, 2.45) is 0 Å². The Morgan fingerprint density at radius 1 is 1.00 bits per heavy atom. The molecule has 2 N–H and O–H groups in total. The van der Waals surface area contributed by atoms with E-state index in [1.165, 1.54) is 11.3 Å². The van der Waals surface area contributed by atoms with E-state index in [1.807, 2.05) is 45.0 Å². The Morgan fingerprint density at radius 3 is 2.24 bits per heavy atom. The fraction of sp³-hybridized carbons (Fsp3) is 0.227. The van der Waals surface area contributed by atoms with Gasteiger partial charge in [-0.1, -0.05) is 29.8 Å². The quantitative estimate of drug-likeness (QED) is 0.590. The van der Waals surface area contributed by atoms with Gasteiger partial charge in [0.2, 0.25) is 0 Å². The second kappa shape index (κ2) is 8.76. The highest BCUT2D eigenvalue weighted by molar-refractivity contribution is 7.15. The van der Waals surface area contributed by atoms with E-state index in [-0.39, 0.29) is 17.4 Å². The maximum Gasteiger partial charge on any atom is 0.257 e. The van der Waals surface area contributed by atoms with Crippen LogP contribution in [0, 0.1) is 0 Å². The summed E-state index contributed by atoms with van der Waals surface area (Å²) in [7, 11) is 0. The summed E-state index contributed by atoms with van der Waals surface area (Å²) in [5, 5.41) is 6.92. The number of halogens is 1. The van der Waals surface area contributed by atoms with Crippen LogP contribution in [0.4, 0.5) is 5.13 Å². The Balaban J connectivity index is 1.63. The van der Waals surface area contributed by atoms with Crippen molar-refractivity contribution < 1.29 is 9.59 Å². The molecule has 0 spiro atoms. The predicted molar refractivity (Wildman–Crippen MR) is 118 cm³/mol. The van der Waals surface area contributed by atoms with E-state index in [0.717, 1.165) is 10.4 Å². The summed E-state index contributed by atoms with van der Waals surface area (Å²) in [5.74, 6) is -0.444. The Bertz CT molecular complexity index is 1020. The highest BCUT2D eigenvalue weighted by Gasteiger charge is 2.16. The van der Waals surface area contributed by atoms with Crippen LogP contribution in [0.5, 0.6) is 0 Å². The number of hydrogen-bond acceptors (Lipinski definition) is 4. The normalized spacial score (nSPS) is 11.2. The number of aromatic nitrogens is 1. The van der Waals surface area contributed by atoms with Gasteiger partial charge >= 0.3 is 0 Å². The zero-order chi connectivity index (χ0) is 21.0. The first-order chi connectivity index (χ1) is 13.7. The van der Waals surface area contributed by atoms with Crippen LogP contribution in [0.2, 0.25) is 5.02 Å². The van der Waals surface area contributed by atoms with Crippen molar-refractivity contribution >= 4 is 39.9 Å². The largest absolute Gasteiger partial charge is 0.347 e. The third-order valence-corrected chi connectivity index (χ3v) is 5.28. The Labute approximate surface area is 179 Å². The van der Waals surface area contributed by atoms with E-state index in [4.69, 9.17) is 11.6 Å². The number of nitrogens with zero attached hydrogens (tertiary/aromatic N) is 1. The molecule has 2 amide bonds. The molecular formula is C22H22ClN3O2S. The summed E-state index contributed by atoms with van der Waals surface area (Å²) in [6, 6.07) is 14.2. The zero-order valence-corrected chi connectivity index (χ0v) is 18.0.